The first-order chi connectivity index (χ1) is 11.2. The zero-order valence-electron chi connectivity index (χ0n) is 14.0. The number of fused-ring (bicyclic) bond motifs is 2. The van der Waals surface area contributed by atoms with Crippen LogP contribution in [0.25, 0.3) is 21.5 Å². The maximum Gasteiger partial charge on any atom is 0.169 e. The van der Waals surface area contributed by atoms with Crippen LogP contribution in [0.1, 0.15) is 25.5 Å². The van der Waals surface area contributed by atoms with Crippen molar-refractivity contribution < 1.29 is 9.47 Å². The third-order valence-corrected chi connectivity index (χ3v) is 5.06. The molecule has 118 valence electrons. The van der Waals surface area contributed by atoms with E-state index in [2.05, 4.69) is 49.1 Å². The lowest BCUT2D eigenvalue weighted by atomic mass is 9.96. The Balaban J connectivity index is 2.21. The fourth-order valence-electron chi connectivity index (χ4n) is 4.02. The van der Waals surface area contributed by atoms with Crippen LogP contribution < -0.4 is 14.4 Å². The van der Waals surface area contributed by atoms with Crippen LogP contribution in [0.5, 0.6) is 11.5 Å². The van der Waals surface area contributed by atoms with E-state index < -0.39 is 0 Å². The van der Waals surface area contributed by atoms with E-state index in [1.165, 1.54) is 27.4 Å². The molecule has 0 spiro atoms. The second-order valence-electron chi connectivity index (χ2n) is 6.03. The molecule has 3 heteroatoms. The molecule has 0 saturated carbocycles. The number of nitrogens with zero attached hydrogens (tertiary/aromatic N) is 1. The molecule has 3 aromatic carbocycles. The van der Waals surface area contributed by atoms with Gasteiger partial charge in [0.15, 0.2) is 11.5 Å². The van der Waals surface area contributed by atoms with Gasteiger partial charge in [0.25, 0.3) is 0 Å². The Hall–Kier alpha value is -2.42. The summed E-state index contributed by atoms with van der Waals surface area (Å²) < 4.78 is 11.2. The highest BCUT2D eigenvalue weighted by atomic mass is 16.5. The zero-order valence-corrected chi connectivity index (χ0v) is 14.0. The van der Waals surface area contributed by atoms with Crippen molar-refractivity contribution in [3.63, 3.8) is 0 Å². The van der Waals surface area contributed by atoms with Gasteiger partial charge < -0.3 is 14.4 Å². The lowest BCUT2D eigenvalue weighted by Gasteiger charge is -2.24. The fraction of sp³-hybridized carbons (Fsp3) is 0.300. The molecule has 3 aromatic rings. The molecule has 1 atom stereocenters. The number of hydrogen-bond donors (Lipinski definition) is 0. The topological polar surface area (TPSA) is 21.7 Å². The van der Waals surface area contributed by atoms with Gasteiger partial charge in [0.05, 0.1) is 20.3 Å². The first-order valence-corrected chi connectivity index (χ1v) is 8.08. The highest BCUT2D eigenvalue weighted by molar-refractivity contribution is 6.18. The highest BCUT2D eigenvalue weighted by Gasteiger charge is 2.29. The molecule has 0 amide bonds. The molecule has 0 aliphatic carbocycles. The second kappa shape index (κ2) is 5.05. The predicted molar refractivity (Wildman–Crippen MR) is 96.0 cm³/mol. The van der Waals surface area contributed by atoms with Gasteiger partial charge >= 0.3 is 0 Å². The zero-order chi connectivity index (χ0) is 16.1. The van der Waals surface area contributed by atoms with E-state index in [9.17, 15) is 0 Å². The molecule has 0 fully saturated rings. The molecular formula is C20H21NO2. The Morgan fingerprint density at radius 3 is 2.57 bits per heavy atom. The molecule has 1 heterocycles. The number of hydrogen-bond acceptors (Lipinski definition) is 3. The largest absolute Gasteiger partial charge is 0.493 e. The Labute approximate surface area is 136 Å². The molecule has 0 bridgehead atoms. The highest BCUT2D eigenvalue weighted by Crippen LogP contribution is 2.49. The number of methoxy groups -OCH3 is 2. The molecule has 1 aliphatic heterocycles. The lowest BCUT2D eigenvalue weighted by Crippen LogP contribution is -2.21. The maximum absolute atomic E-state index is 5.70. The van der Waals surface area contributed by atoms with Gasteiger partial charge in [0.2, 0.25) is 0 Å². The quantitative estimate of drug-likeness (QED) is 0.642. The summed E-state index contributed by atoms with van der Waals surface area (Å²) in [5.74, 6) is 1.59. The predicted octanol–water partition coefficient (Wildman–Crippen LogP) is 4.91. The summed E-state index contributed by atoms with van der Waals surface area (Å²) in [7, 11) is 3.39. The Kier molecular flexibility index (Phi) is 3.12. The minimum Gasteiger partial charge on any atom is -0.493 e. The van der Waals surface area contributed by atoms with Crippen LogP contribution in [-0.2, 0) is 0 Å². The number of rotatable bonds is 3. The van der Waals surface area contributed by atoms with E-state index in [0.717, 1.165) is 23.4 Å². The summed E-state index contributed by atoms with van der Waals surface area (Å²) in [6.45, 7) is 5.50. The van der Waals surface area contributed by atoms with Crippen LogP contribution in [-0.4, -0.2) is 20.8 Å². The van der Waals surface area contributed by atoms with Crippen LogP contribution in [0.4, 0.5) is 5.69 Å². The third kappa shape index (κ3) is 1.76. The van der Waals surface area contributed by atoms with Crippen molar-refractivity contribution in [1.29, 1.82) is 0 Å². The molecule has 1 unspecified atom stereocenters. The van der Waals surface area contributed by atoms with Crippen molar-refractivity contribution in [2.45, 2.75) is 19.9 Å². The van der Waals surface area contributed by atoms with Gasteiger partial charge in [-0.05, 0) is 42.3 Å². The van der Waals surface area contributed by atoms with Gasteiger partial charge in [-0.3, -0.25) is 0 Å². The van der Waals surface area contributed by atoms with E-state index in [-0.39, 0.29) is 0 Å². The van der Waals surface area contributed by atoms with Crippen LogP contribution in [0.15, 0.2) is 36.4 Å². The second-order valence-corrected chi connectivity index (χ2v) is 6.03. The smallest absolute Gasteiger partial charge is 0.169 e. The van der Waals surface area contributed by atoms with Crippen LogP contribution in [0.2, 0.25) is 0 Å². The van der Waals surface area contributed by atoms with E-state index in [0.29, 0.717) is 6.04 Å². The molecule has 23 heavy (non-hydrogen) atoms. The van der Waals surface area contributed by atoms with E-state index in [1.54, 1.807) is 14.2 Å². The van der Waals surface area contributed by atoms with Gasteiger partial charge in [-0.1, -0.05) is 24.3 Å². The number of anilines is 1. The number of benzene rings is 3. The summed E-state index contributed by atoms with van der Waals surface area (Å²) in [4.78, 5) is 2.47. The van der Waals surface area contributed by atoms with Gasteiger partial charge in [-0.2, -0.15) is 0 Å². The fourth-order valence-corrected chi connectivity index (χ4v) is 4.02. The van der Waals surface area contributed by atoms with Crippen molar-refractivity contribution in [1.82, 2.24) is 0 Å². The van der Waals surface area contributed by atoms with Crippen LogP contribution in [0.3, 0.4) is 0 Å². The Morgan fingerprint density at radius 2 is 1.87 bits per heavy atom. The SMILES string of the molecule is CCN1c2cc3ccc(OC)c(OC)c3c3cccc(c23)C1C. The average molecular weight is 307 g/mol. The normalized spacial score (nSPS) is 16.3. The van der Waals surface area contributed by atoms with E-state index >= 15 is 0 Å². The Bertz CT molecular complexity index is 917. The molecule has 0 N–H and O–H groups in total. The number of ether oxygens (including phenoxy) is 2. The summed E-state index contributed by atoms with van der Waals surface area (Å²) in [6, 6.07) is 13.4. The van der Waals surface area contributed by atoms with Gasteiger partial charge in [0, 0.05) is 23.0 Å². The Morgan fingerprint density at radius 1 is 1.04 bits per heavy atom. The van der Waals surface area contributed by atoms with Crippen molar-refractivity contribution in [2.75, 3.05) is 25.7 Å². The lowest BCUT2D eigenvalue weighted by molar-refractivity contribution is 0.359. The monoisotopic (exact) mass is 307 g/mol. The van der Waals surface area contributed by atoms with Crippen molar-refractivity contribution in [3.8, 4) is 11.5 Å². The molecule has 4 rings (SSSR count). The molecule has 0 saturated heterocycles. The van der Waals surface area contributed by atoms with E-state index in [4.69, 9.17) is 9.47 Å². The van der Waals surface area contributed by atoms with Crippen LogP contribution in [0, 0.1) is 0 Å². The van der Waals surface area contributed by atoms with Crippen LogP contribution >= 0.6 is 0 Å². The molecular weight excluding hydrogens is 286 g/mol. The first-order valence-electron chi connectivity index (χ1n) is 8.08. The van der Waals surface area contributed by atoms with Gasteiger partial charge in [-0.25, -0.2) is 0 Å². The summed E-state index contributed by atoms with van der Waals surface area (Å²) in [6.07, 6.45) is 0. The van der Waals surface area contributed by atoms with Crippen molar-refractivity contribution in [3.05, 3.63) is 42.0 Å². The van der Waals surface area contributed by atoms with Crippen molar-refractivity contribution >= 4 is 27.2 Å². The standard InChI is InChI=1S/C20H21NO2/c1-5-21-12(2)14-7-6-8-15-18-13(11-16(21)19(14)15)9-10-17(22-3)20(18)23-4/h6-12H,5H2,1-4H3. The van der Waals surface area contributed by atoms with E-state index in [1.807, 2.05) is 6.07 Å². The van der Waals surface area contributed by atoms with Gasteiger partial charge in [0.1, 0.15) is 0 Å². The van der Waals surface area contributed by atoms with Gasteiger partial charge in [-0.15, -0.1) is 0 Å². The first kappa shape index (κ1) is 14.2. The average Bonchev–Trinajstić information content (AvgIpc) is 2.86. The summed E-state index contributed by atoms with van der Waals surface area (Å²) in [5, 5.41) is 4.92. The molecule has 1 aliphatic rings. The molecule has 0 aromatic heterocycles. The molecule has 0 radical (unpaired) electrons. The summed E-state index contributed by atoms with van der Waals surface area (Å²) >= 11 is 0. The minimum atomic E-state index is 0.406. The third-order valence-electron chi connectivity index (χ3n) is 5.06. The minimum absolute atomic E-state index is 0.406. The maximum atomic E-state index is 5.70. The molecule has 3 nitrogen and oxygen atoms in total. The summed E-state index contributed by atoms with van der Waals surface area (Å²) in [5.41, 5.74) is 2.72. The van der Waals surface area contributed by atoms with Crippen molar-refractivity contribution in [2.24, 2.45) is 0 Å².